The summed E-state index contributed by atoms with van der Waals surface area (Å²) in [5, 5.41) is 5.97. The van der Waals surface area contributed by atoms with E-state index in [9.17, 15) is 9.59 Å². The first-order valence-corrected chi connectivity index (χ1v) is 11.4. The topological polar surface area (TPSA) is 108 Å². The Morgan fingerprint density at radius 3 is 1.80 bits per heavy atom. The van der Waals surface area contributed by atoms with Gasteiger partial charge in [-0.05, 0) is 66.7 Å². The van der Waals surface area contributed by atoms with E-state index in [0.717, 1.165) is 4.70 Å². The van der Waals surface area contributed by atoms with Crippen molar-refractivity contribution >= 4 is 44.2 Å². The number of fused-ring (bicyclic) bond motifs is 1. The number of anilines is 2. The summed E-state index contributed by atoms with van der Waals surface area (Å²) in [6, 6.07) is 19.2. The maximum absolute atomic E-state index is 12.3. The fourth-order valence-corrected chi connectivity index (χ4v) is 3.97. The van der Waals surface area contributed by atoms with Crippen LogP contribution in [0.3, 0.4) is 0 Å². The van der Waals surface area contributed by atoms with Crippen molar-refractivity contribution in [2.75, 3.05) is 38.1 Å². The molecule has 10 heteroatoms. The molecule has 2 amide bonds. The predicted octanol–water partition coefficient (Wildman–Crippen LogP) is 4.35. The molecule has 4 rings (SSSR count). The first-order chi connectivity index (χ1) is 17.0. The van der Waals surface area contributed by atoms with Crippen LogP contribution in [0.4, 0.5) is 10.8 Å². The number of hydrogen-bond acceptors (Lipinski definition) is 8. The number of benzene rings is 3. The number of aromatic nitrogens is 1. The fraction of sp³-hybridized carbons (Fsp3) is 0.160. The minimum Gasteiger partial charge on any atom is -0.497 e. The number of nitrogens with one attached hydrogen (secondary N) is 2. The van der Waals surface area contributed by atoms with Gasteiger partial charge in [0.15, 0.2) is 18.3 Å². The smallest absolute Gasteiger partial charge is 0.264 e. The Hall–Kier alpha value is -4.31. The van der Waals surface area contributed by atoms with Crippen molar-refractivity contribution in [1.29, 1.82) is 0 Å². The Morgan fingerprint density at radius 1 is 0.743 bits per heavy atom. The van der Waals surface area contributed by atoms with Crippen LogP contribution in [-0.2, 0) is 9.59 Å². The molecule has 35 heavy (non-hydrogen) atoms. The Labute approximate surface area is 205 Å². The molecule has 0 aliphatic rings. The number of hydrogen-bond donors (Lipinski definition) is 2. The quantitative estimate of drug-likeness (QED) is 0.338. The molecule has 0 saturated carbocycles. The monoisotopic (exact) mass is 493 g/mol. The molecule has 1 aromatic heterocycles. The van der Waals surface area contributed by atoms with Crippen LogP contribution >= 0.6 is 11.3 Å². The summed E-state index contributed by atoms with van der Waals surface area (Å²) in [5.41, 5.74) is 1.30. The third kappa shape index (κ3) is 6.61. The highest BCUT2D eigenvalue weighted by molar-refractivity contribution is 7.22. The first-order valence-electron chi connectivity index (χ1n) is 10.6. The first kappa shape index (κ1) is 23.8. The molecule has 0 radical (unpaired) electrons. The number of nitrogens with zero attached hydrogens (tertiary/aromatic N) is 1. The van der Waals surface area contributed by atoms with Crippen molar-refractivity contribution in [2.24, 2.45) is 0 Å². The zero-order valence-corrected chi connectivity index (χ0v) is 19.9. The third-order valence-electron chi connectivity index (χ3n) is 4.78. The molecule has 180 valence electrons. The second-order valence-corrected chi connectivity index (χ2v) is 8.26. The van der Waals surface area contributed by atoms with Gasteiger partial charge in [0.1, 0.15) is 23.0 Å². The average Bonchev–Trinajstić information content (AvgIpc) is 3.28. The highest BCUT2D eigenvalue weighted by Gasteiger charge is 2.11. The zero-order valence-electron chi connectivity index (χ0n) is 19.1. The average molecular weight is 494 g/mol. The van der Waals surface area contributed by atoms with Crippen molar-refractivity contribution in [3.8, 4) is 23.0 Å². The van der Waals surface area contributed by atoms with E-state index in [1.807, 2.05) is 0 Å². The molecule has 2 N–H and O–H groups in total. The lowest BCUT2D eigenvalue weighted by atomic mass is 10.3. The molecule has 0 spiro atoms. The van der Waals surface area contributed by atoms with Gasteiger partial charge in [-0.25, -0.2) is 4.98 Å². The van der Waals surface area contributed by atoms with Gasteiger partial charge in [0.2, 0.25) is 0 Å². The van der Waals surface area contributed by atoms with Crippen molar-refractivity contribution in [1.82, 2.24) is 4.98 Å². The van der Waals surface area contributed by atoms with Gasteiger partial charge in [0, 0.05) is 5.69 Å². The summed E-state index contributed by atoms with van der Waals surface area (Å²) in [4.78, 5) is 28.9. The van der Waals surface area contributed by atoms with Crippen LogP contribution in [0.1, 0.15) is 0 Å². The van der Waals surface area contributed by atoms with Crippen LogP contribution in [0.2, 0.25) is 0 Å². The standard InChI is InChI=1S/C25H23N3O6S/c1-31-17-4-8-19(9-5-17)33-14-23(29)26-16-3-12-21-22(13-16)35-25(27-21)28-24(30)15-34-20-10-6-18(32-2)7-11-20/h3-13H,14-15H2,1-2H3,(H,26,29)(H,27,28,30). The van der Waals surface area contributed by atoms with Crippen LogP contribution in [0, 0.1) is 0 Å². The highest BCUT2D eigenvalue weighted by Crippen LogP contribution is 2.28. The SMILES string of the molecule is COc1ccc(OCC(=O)Nc2ccc3nc(NC(=O)COc4ccc(OC)cc4)sc3c2)cc1. The molecule has 0 fully saturated rings. The van der Waals surface area contributed by atoms with Gasteiger partial charge < -0.3 is 24.3 Å². The third-order valence-corrected chi connectivity index (χ3v) is 5.71. The lowest BCUT2D eigenvalue weighted by molar-refractivity contribution is -0.118. The van der Waals surface area contributed by atoms with Crippen molar-refractivity contribution in [3.05, 3.63) is 66.7 Å². The Balaban J connectivity index is 1.28. The lowest BCUT2D eigenvalue weighted by Gasteiger charge is -2.08. The van der Waals surface area contributed by atoms with Gasteiger partial charge >= 0.3 is 0 Å². The van der Waals surface area contributed by atoms with Crippen LogP contribution in [0.5, 0.6) is 23.0 Å². The van der Waals surface area contributed by atoms with E-state index in [4.69, 9.17) is 18.9 Å². The van der Waals surface area contributed by atoms with Gasteiger partial charge in [0.25, 0.3) is 11.8 Å². The van der Waals surface area contributed by atoms with Gasteiger partial charge in [-0.3, -0.25) is 14.9 Å². The van der Waals surface area contributed by atoms with Crippen LogP contribution in [-0.4, -0.2) is 44.2 Å². The highest BCUT2D eigenvalue weighted by atomic mass is 32.1. The summed E-state index contributed by atoms with van der Waals surface area (Å²) in [7, 11) is 3.16. The number of carbonyl (C=O) groups excluding carboxylic acids is 2. The molecule has 0 saturated heterocycles. The molecular formula is C25H23N3O6S. The van der Waals surface area contributed by atoms with E-state index < -0.39 is 0 Å². The number of amides is 2. The van der Waals surface area contributed by atoms with E-state index in [-0.39, 0.29) is 25.0 Å². The van der Waals surface area contributed by atoms with Gasteiger partial charge in [-0.15, -0.1) is 0 Å². The van der Waals surface area contributed by atoms with Gasteiger partial charge in [-0.1, -0.05) is 11.3 Å². The van der Waals surface area contributed by atoms with Crippen molar-refractivity contribution < 1.29 is 28.5 Å². The van der Waals surface area contributed by atoms with E-state index in [1.54, 1.807) is 80.9 Å². The number of rotatable bonds is 10. The second-order valence-electron chi connectivity index (χ2n) is 7.23. The molecule has 0 atom stereocenters. The summed E-state index contributed by atoms with van der Waals surface area (Å²) in [6.45, 7) is -0.291. The number of methoxy groups -OCH3 is 2. The van der Waals surface area contributed by atoms with Crippen molar-refractivity contribution in [3.63, 3.8) is 0 Å². The summed E-state index contributed by atoms with van der Waals surface area (Å²) >= 11 is 1.30. The fourth-order valence-electron chi connectivity index (χ4n) is 3.05. The Kier molecular flexibility index (Phi) is 7.63. The van der Waals surface area contributed by atoms with Crippen LogP contribution in [0.25, 0.3) is 10.2 Å². The number of thiazole rings is 1. The maximum Gasteiger partial charge on any atom is 0.264 e. The molecule has 0 aliphatic heterocycles. The van der Waals surface area contributed by atoms with E-state index in [0.29, 0.717) is 39.3 Å². The Morgan fingerprint density at radius 2 is 1.26 bits per heavy atom. The maximum atomic E-state index is 12.3. The van der Waals surface area contributed by atoms with E-state index in [1.165, 1.54) is 11.3 Å². The van der Waals surface area contributed by atoms with Crippen LogP contribution in [0.15, 0.2) is 66.7 Å². The largest absolute Gasteiger partial charge is 0.497 e. The second kappa shape index (κ2) is 11.2. The number of ether oxygens (including phenoxy) is 4. The molecule has 4 aromatic rings. The summed E-state index contributed by atoms with van der Waals surface area (Å²) < 4.78 is 22.0. The van der Waals surface area contributed by atoms with Gasteiger partial charge in [0.05, 0.1) is 24.4 Å². The molecule has 0 unspecified atom stereocenters. The molecule has 0 aliphatic carbocycles. The minimum absolute atomic E-state index is 0.136. The molecule has 9 nitrogen and oxygen atoms in total. The van der Waals surface area contributed by atoms with E-state index in [2.05, 4.69) is 15.6 Å². The minimum atomic E-state index is -0.330. The molecule has 0 bridgehead atoms. The summed E-state index contributed by atoms with van der Waals surface area (Å²) in [5.74, 6) is 1.91. The van der Waals surface area contributed by atoms with E-state index >= 15 is 0 Å². The molecule has 3 aromatic carbocycles. The molecule has 1 heterocycles. The zero-order chi connectivity index (χ0) is 24.6. The van der Waals surface area contributed by atoms with Crippen molar-refractivity contribution in [2.45, 2.75) is 0 Å². The van der Waals surface area contributed by atoms with Crippen LogP contribution < -0.4 is 29.6 Å². The molecular weight excluding hydrogens is 470 g/mol. The lowest BCUT2D eigenvalue weighted by Crippen LogP contribution is -2.20. The Bertz CT molecular complexity index is 1240. The number of carbonyl (C=O) groups is 2. The van der Waals surface area contributed by atoms with Gasteiger partial charge in [-0.2, -0.15) is 0 Å². The summed E-state index contributed by atoms with van der Waals surface area (Å²) in [6.07, 6.45) is 0. The normalized spacial score (nSPS) is 10.5. The predicted molar refractivity (Wildman–Crippen MR) is 134 cm³/mol.